The van der Waals surface area contributed by atoms with E-state index in [-0.39, 0.29) is 0 Å². The van der Waals surface area contributed by atoms with E-state index in [4.69, 9.17) is 5.73 Å². The van der Waals surface area contributed by atoms with Crippen molar-refractivity contribution < 1.29 is 0 Å². The zero-order valence-electron chi connectivity index (χ0n) is 10.4. The number of nitrogens with one attached hydrogen (secondary N) is 1. The molecule has 0 aliphatic carbocycles. The van der Waals surface area contributed by atoms with E-state index in [2.05, 4.69) is 50.0 Å². The van der Waals surface area contributed by atoms with Gasteiger partial charge in [-0.25, -0.2) is 4.98 Å². The van der Waals surface area contributed by atoms with Crippen molar-refractivity contribution in [2.24, 2.45) is 0 Å². The van der Waals surface area contributed by atoms with Crippen LogP contribution in [-0.4, -0.2) is 11.0 Å². The Balaban J connectivity index is 2.07. The summed E-state index contributed by atoms with van der Waals surface area (Å²) >= 11 is 5.26. The molecule has 2 rings (SSSR count). The number of nitrogens with zero attached hydrogens (tertiary/aromatic N) is 1. The minimum absolute atomic E-state index is 0.325. The van der Waals surface area contributed by atoms with Gasteiger partial charge in [-0.05, 0) is 64.2 Å². The lowest BCUT2D eigenvalue weighted by Crippen LogP contribution is -2.19. The van der Waals surface area contributed by atoms with Crippen LogP contribution in [0.2, 0.25) is 0 Å². The van der Waals surface area contributed by atoms with Crippen molar-refractivity contribution >= 4 is 38.8 Å². The third-order valence-electron chi connectivity index (χ3n) is 2.81. The number of halogens is 1. The van der Waals surface area contributed by atoms with E-state index < -0.39 is 0 Å². The maximum Gasteiger partial charge on any atom is 0.140 e. The van der Waals surface area contributed by atoms with Gasteiger partial charge in [-0.15, -0.1) is 0 Å². The predicted octanol–water partition coefficient (Wildman–Crippen LogP) is 3.84. The smallest absolute Gasteiger partial charge is 0.140 e. The van der Waals surface area contributed by atoms with Gasteiger partial charge < -0.3 is 11.1 Å². The molecule has 0 aliphatic rings. The Bertz CT molecular complexity index is 525. The van der Waals surface area contributed by atoms with Gasteiger partial charge in [-0.1, -0.05) is 0 Å². The summed E-state index contributed by atoms with van der Waals surface area (Å²) in [4.78, 5) is 4.33. The lowest BCUT2D eigenvalue weighted by molar-refractivity contribution is 0.786. The molecule has 0 aliphatic heterocycles. The van der Waals surface area contributed by atoms with E-state index in [0.717, 1.165) is 22.3 Å². The summed E-state index contributed by atoms with van der Waals surface area (Å²) < 4.78 is 0.944. The molecule has 0 radical (unpaired) electrons. The largest absolute Gasteiger partial charge is 0.397 e. The molecule has 0 saturated carbocycles. The molecule has 0 fully saturated rings. The van der Waals surface area contributed by atoms with Gasteiger partial charge in [0.2, 0.25) is 0 Å². The maximum absolute atomic E-state index is 5.81. The van der Waals surface area contributed by atoms with Gasteiger partial charge in [-0.2, -0.15) is 11.3 Å². The van der Waals surface area contributed by atoms with Gasteiger partial charge in [0, 0.05) is 6.04 Å². The van der Waals surface area contributed by atoms with Crippen LogP contribution in [0, 0.1) is 6.92 Å². The Morgan fingerprint density at radius 1 is 1.56 bits per heavy atom. The molecule has 1 atom stereocenters. The molecule has 2 aromatic rings. The van der Waals surface area contributed by atoms with Crippen LogP contribution in [0.25, 0.3) is 0 Å². The minimum atomic E-state index is 0.325. The summed E-state index contributed by atoms with van der Waals surface area (Å²) in [6.45, 7) is 4.13. The summed E-state index contributed by atoms with van der Waals surface area (Å²) in [6.07, 6.45) is 2.68. The first-order valence-corrected chi connectivity index (χ1v) is 7.49. The number of thiophene rings is 1. The van der Waals surface area contributed by atoms with E-state index in [9.17, 15) is 0 Å². The monoisotopic (exact) mass is 325 g/mol. The van der Waals surface area contributed by atoms with Crippen LogP contribution in [-0.2, 0) is 6.42 Å². The number of pyridine rings is 1. The second-order valence-electron chi connectivity index (χ2n) is 4.38. The van der Waals surface area contributed by atoms with E-state index in [0.29, 0.717) is 11.7 Å². The molecule has 0 bridgehead atoms. The summed E-state index contributed by atoms with van der Waals surface area (Å²) in [5.41, 5.74) is 8.89. The predicted molar refractivity (Wildman–Crippen MR) is 82.2 cm³/mol. The lowest BCUT2D eigenvalue weighted by Gasteiger charge is -2.16. The van der Waals surface area contributed by atoms with Crippen LogP contribution in [0.5, 0.6) is 0 Å². The Morgan fingerprint density at radius 3 is 3.00 bits per heavy atom. The third-order valence-corrected chi connectivity index (χ3v) is 4.51. The normalized spacial score (nSPS) is 12.4. The number of nitrogen functional groups attached to an aromatic ring is 1. The Labute approximate surface area is 120 Å². The number of hydrogen-bond donors (Lipinski definition) is 2. The van der Waals surface area contributed by atoms with E-state index in [1.807, 2.05) is 6.92 Å². The first-order valence-electron chi connectivity index (χ1n) is 5.76. The topological polar surface area (TPSA) is 50.9 Å². The molecule has 2 heterocycles. The van der Waals surface area contributed by atoms with Crippen molar-refractivity contribution in [3.63, 3.8) is 0 Å². The van der Waals surface area contributed by atoms with Crippen LogP contribution in [0.4, 0.5) is 11.5 Å². The molecule has 0 aromatic carbocycles. The summed E-state index contributed by atoms with van der Waals surface area (Å²) in [5.74, 6) is 0.851. The van der Waals surface area contributed by atoms with E-state index in [1.54, 1.807) is 17.5 Å². The molecule has 0 spiro atoms. The van der Waals surface area contributed by atoms with Gasteiger partial charge >= 0.3 is 0 Å². The molecule has 1 unspecified atom stereocenters. The zero-order valence-corrected chi connectivity index (χ0v) is 12.8. The minimum Gasteiger partial charge on any atom is -0.397 e. The SMILES string of the molecule is Cc1c(N)cnc(NC(C)Cc2ccsc2)c1Br. The highest BCUT2D eigenvalue weighted by Crippen LogP contribution is 2.28. The standard InChI is InChI=1S/C13H16BrN3S/c1-8(5-10-3-4-18-7-10)17-13-12(14)9(2)11(15)6-16-13/h3-4,6-8H,5,15H2,1-2H3,(H,16,17). The van der Waals surface area contributed by atoms with Crippen molar-refractivity contribution in [3.8, 4) is 0 Å². The van der Waals surface area contributed by atoms with E-state index >= 15 is 0 Å². The van der Waals surface area contributed by atoms with Crippen molar-refractivity contribution in [3.05, 3.63) is 38.6 Å². The second-order valence-corrected chi connectivity index (χ2v) is 5.96. The van der Waals surface area contributed by atoms with Gasteiger partial charge in [0.15, 0.2) is 0 Å². The van der Waals surface area contributed by atoms with Gasteiger partial charge in [0.05, 0.1) is 16.4 Å². The van der Waals surface area contributed by atoms with Crippen molar-refractivity contribution in [2.45, 2.75) is 26.3 Å². The average molecular weight is 326 g/mol. The number of aromatic nitrogens is 1. The highest BCUT2D eigenvalue weighted by Gasteiger charge is 2.10. The fraction of sp³-hybridized carbons (Fsp3) is 0.308. The number of anilines is 2. The molecular formula is C13H16BrN3S. The van der Waals surface area contributed by atoms with Crippen molar-refractivity contribution in [2.75, 3.05) is 11.1 Å². The highest BCUT2D eigenvalue weighted by molar-refractivity contribution is 9.10. The van der Waals surface area contributed by atoms with E-state index in [1.165, 1.54) is 5.56 Å². The molecule has 96 valence electrons. The average Bonchev–Trinajstić information content (AvgIpc) is 2.83. The molecule has 0 saturated heterocycles. The number of nitrogens with two attached hydrogens (primary N) is 1. The molecule has 3 nitrogen and oxygen atoms in total. The molecule has 5 heteroatoms. The zero-order chi connectivity index (χ0) is 13.1. The first kappa shape index (κ1) is 13.4. The Morgan fingerprint density at radius 2 is 2.33 bits per heavy atom. The molecule has 0 amide bonds. The van der Waals surface area contributed by atoms with Crippen LogP contribution >= 0.6 is 27.3 Å². The fourth-order valence-corrected chi connectivity index (χ4v) is 2.87. The lowest BCUT2D eigenvalue weighted by atomic mass is 10.1. The first-order chi connectivity index (χ1) is 8.58. The molecule has 3 N–H and O–H groups in total. The summed E-state index contributed by atoms with van der Waals surface area (Å²) in [5, 5.41) is 7.68. The third kappa shape index (κ3) is 3.03. The van der Waals surface area contributed by atoms with Gasteiger partial charge in [-0.3, -0.25) is 0 Å². The van der Waals surface area contributed by atoms with Crippen molar-refractivity contribution in [1.82, 2.24) is 4.98 Å². The Hall–Kier alpha value is -1.07. The highest BCUT2D eigenvalue weighted by atomic mass is 79.9. The van der Waals surface area contributed by atoms with Crippen LogP contribution in [0.15, 0.2) is 27.5 Å². The van der Waals surface area contributed by atoms with Crippen LogP contribution in [0.1, 0.15) is 18.1 Å². The molecule has 18 heavy (non-hydrogen) atoms. The number of rotatable bonds is 4. The molecule has 2 aromatic heterocycles. The van der Waals surface area contributed by atoms with Gasteiger partial charge in [0.25, 0.3) is 0 Å². The summed E-state index contributed by atoms with van der Waals surface area (Å²) in [7, 11) is 0. The van der Waals surface area contributed by atoms with Crippen LogP contribution in [0.3, 0.4) is 0 Å². The van der Waals surface area contributed by atoms with Crippen LogP contribution < -0.4 is 11.1 Å². The van der Waals surface area contributed by atoms with Gasteiger partial charge in [0.1, 0.15) is 5.82 Å². The van der Waals surface area contributed by atoms with Crippen molar-refractivity contribution in [1.29, 1.82) is 0 Å². The fourth-order valence-electron chi connectivity index (χ4n) is 1.74. The summed E-state index contributed by atoms with van der Waals surface area (Å²) in [6, 6.07) is 2.48. The Kier molecular flexibility index (Phi) is 4.24. The second kappa shape index (κ2) is 5.71. The number of hydrogen-bond acceptors (Lipinski definition) is 4. The maximum atomic E-state index is 5.81. The quantitative estimate of drug-likeness (QED) is 0.897. The molecular weight excluding hydrogens is 310 g/mol.